The highest BCUT2D eigenvalue weighted by Gasteiger charge is 2.47. The molecule has 2 N–H and O–H groups in total. The van der Waals surface area contributed by atoms with E-state index in [1.54, 1.807) is 13.8 Å². The number of carbonyl (C=O) groups excluding carboxylic acids is 1. The van der Waals surface area contributed by atoms with Crippen LogP contribution < -0.4 is 5.32 Å². The fraction of sp³-hybridized carbons (Fsp3) is 0.607. The van der Waals surface area contributed by atoms with Crippen molar-refractivity contribution in [2.75, 3.05) is 19.6 Å². The van der Waals surface area contributed by atoms with Gasteiger partial charge in [0.2, 0.25) is 0 Å². The number of hydrogen-bond donors (Lipinski definition) is 2. The summed E-state index contributed by atoms with van der Waals surface area (Å²) < 4.78 is 29.1. The molecule has 0 saturated carbocycles. The zero-order valence-electron chi connectivity index (χ0n) is 21.8. The zero-order valence-corrected chi connectivity index (χ0v) is 21.8. The number of carbonyl (C=O) groups is 1. The SMILES string of the molecule is CC[C@H]1CC[C@](CC)([C@H]2CCCN(C(=O)NCC(C)(C)O)C2)c2nnc(-c3c(F)cccc3F)cc21. The maximum atomic E-state index is 14.5. The van der Waals surface area contributed by atoms with Gasteiger partial charge in [0.1, 0.15) is 11.6 Å². The molecule has 1 aromatic heterocycles. The molecule has 2 aliphatic rings. The van der Waals surface area contributed by atoms with E-state index in [4.69, 9.17) is 0 Å². The van der Waals surface area contributed by atoms with Crippen molar-refractivity contribution < 1.29 is 18.7 Å². The van der Waals surface area contributed by atoms with Crippen molar-refractivity contribution in [1.29, 1.82) is 0 Å². The summed E-state index contributed by atoms with van der Waals surface area (Å²) in [6.07, 6.45) is 5.53. The number of aliphatic hydroxyl groups is 1. The Kier molecular flexibility index (Phi) is 7.64. The lowest BCUT2D eigenvalue weighted by atomic mass is 9.59. The molecule has 1 aliphatic carbocycles. The van der Waals surface area contributed by atoms with Crippen LogP contribution in [0.15, 0.2) is 24.3 Å². The van der Waals surface area contributed by atoms with E-state index in [1.165, 1.54) is 18.2 Å². The summed E-state index contributed by atoms with van der Waals surface area (Å²) in [6.45, 7) is 9.10. The van der Waals surface area contributed by atoms with Crippen LogP contribution in [0.5, 0.6) is 0 Å². The lowest BCUT2D eigenvalue weighted by Gasteiger charge is -2.48. The van der Waals surface area contributed by atoms with E-state index in [-0.39, 0.29) is 41.1 Å². The summed E-state index contributed by atoms with van der Waals surface area (Å²) in [6, 6.07) is 5.52. The third-order valence-corrected chi connectivity index (χ3v) is 8.18. The molecule has 0 radical (unpaired) electrons. The van der Waals surface area contributed by atoms with Gasteiger partial charge in [-0.25, -0.2) is 13.6 Å². The summed E-state index contributed by atoms with van der Waals surface area (Å²) in [5.41, 5.74) is 0.816. The normalized spacial score (nSPS) is 24.4. The largest absolute Gasteiger partial charge is 0.389 e. The number of nitrogens with zero attached hydrogens (tertiary/aromatic N) is 3. The minimum absolute atomic E-state index is 0.136. The molecule has 1 aliphatic heterocycles. The van der Waals surface area contributed by atoms with Crippen molar-refractivity contribution in [3.63, 3.8) is 0 Å². The number of rotatable bonds is 6. The molecule has 2 heterocycles. The average molecular weight is 501 g/mol. The molecule has 2 amide bonds. The summed E-state index contributed by atoms with van der Waals surface area (Å²) in [5.74, 6) is -0.839. The van der Waals surface area contributed by atoms with E-state index < -0.39 is 17.2 Å². The molecule has 0 spiro atoms. The molecule has 0 unspecified atom stereocenters. The van der Waals surface area contributed by atoms with Gasteiger partial charge in [-0.3, -0.25) is 0 Å². The second-order valence-electron chi connectivity index (χ2n) is 11.0. The molecule has 4 rings (SSSR count). The molecule has 3 atom stereocenters. The first-order chi connectivity index (χ1) is 17.1. The predicted octanol–water partition coefficient (Wildman–Crippen LogP) is 5.55. The van der Waals surface area contributed by atoms with Crippen LogP contribution in [0.3, 0.4) is 0 Å². The van der Waals surface area contributed by atoms with Crippen molar-refractivity contribution in [2.45, 2.75) is 83.2 Å². The monoisotopic (exact) mass is 500 g/mol. The summed E-state index contributed by atoms with van der Waals surface area (Å²) in [5, 5.41) is 21.9. The number of amides is 2. The lowest BCUT2D eigenvalue weighted by Crippen LogP contribution is -2.53. The van der Waals surface area contributed by atoms with Crippen molar-refractivity contribution in [1.82, 2.24) is 20.4 Å². The Morgan fingerprint density at radius 3 is 2.58 bits per heavy atom. The van der Waals surface area contributed by atoms with Crippen LogP contribution in [0.25, 0.3) is 11.3 Å². The van der Waals surface area contributed by atoms with Gasteiger partial charge in [0, 0.05) is 25.0 Å². The number of piperidine rings is 1. The van der Waals surface area contributed by atoms with Gasteiger partial charge >= 0.3 is 6.03 Å². The molecular formula is C28H38F2N4O2. The fourth-order valence-electron chi connectivity index (χ4n) is 6.15. The Hall–Kier alpha value is -2.61. The maximum absolute atomic E-state index is 14.5. The molecule has 0 bridgehead atoms. The van der Waals surface area contributed by atoms with Crippen molar-refractivity contribution in [2.24, 2.45) is 5.92 Å². The van der Waals surface area contributed by atoms with Crippen molar-refractivity contribution in [3.8, 4) is 11.3 Å². The molecule has 36 heavy (non-hydrogen) atoms. The van der Waals surface area contributed by atoms with Crippen molar-refractivity contribution in [3.05, 3.63) is 47.2 Å². The Morgan fingerprint density at radius 1 is 1.22 bits per heavy atom. The van der Waals surface area contributed by atoms with E-state index >= 15 is 0 Å². The summed E-state index contributed by atoms with van der Waals surface area (Å²) in [7, 11) is 0. The van der Waals surface area contributed by atoms with Crippen LogP contribution in [-0.4, -0.2) is 51.5 Å². The van der Waals surface area contributed by atoms with E-state index in [0.29, 0.717) is 13.1 Å². The van der Waals surface area contributed by atoms with E-state index in [1.807, 2.05) is 11.0 Å². The Balaban J connectivity index is 1.68. The van der Waals surface area contributed by atoms with Crippen LogP contribution in [0.1, 0.15) is 83.4 Å². The topological polar surface area (TPSA) is 78.4 Å². The predicted molar refractivity (Wildman–Crippen MR) is 136 cm³/mol. The lowest BCUT2D eigenvalue weighted by molar-refractivity contribution is 0.0737. The van der Waals surface area contributed by atoms with E-state index in [2.05, 4.69) is 29.4 Å². The van der Waals surface area contributed by atoms with Crippen molar-refractivity contribution >= 4 is 6.03 Å². The van der Waals surface area contributed by atoms with Gasteiger partial charge in [-0.05, 0) is 88.0 Å². The number of urea groups is 1. The highest BCUT2D eigenvalue weighted by Crippen LogP contribution is 2.51. The maximum Gasteiger partial charge on any atom is 0.317 e. The number of hydrogen-bond acceptors (Lipinski definition) is 4. The minimum atomic E-state index is -0.974. The summed E-state index contributed by atoms with van der Waals surface area (Å²) >= 11 is 0. The van der Waals surface area contributed by atoms with Crippen LogP contribution in [-0.2, 0) is 5.41 Å². The van der Waals surface area contributed by atoms with Gasteiger partial charge in [-0.2, -0.15) is 10.2 Å². The molecule has 6 nitrogen and oxygen atoms in total. The molecule has 1 fully saturated rings. The molecule has 196 valence electrons. The van der Waals surface area contributed by atoms with E-state index in [0.717, 1.165) is 49.8 Å². The smallest absolute Gasteiger partial charge is 0.317 e. The van der Waals surface area contributed by atoms with Crippen LogP contribution in [0, 0.1) is 17.6 Å². The summed E-state index contributed by atoms with van der Waals surface area (Å²) in [4.78, 5) is 14.7. The molecule has 1 saturated heterocycles. The highest BCUT2D eigenvalue weighted by molar-refractivity contribution is 5.74. The fourth-order valence-corrected chi connectivity index (χ4v) is 6.15. The van der Waals surface area contributed by atoms with Crippen LogP contribution in [0.2, 0.25) is 0 Å². The molecule has 8 heteroatoms. The molecule has 1 aromatic carbocycles. The van der Waals surface area contributed by atoms with Gasteiger partial charge in [0.25, 0.3) is 0 Å². The number of nitrogens with one attached hydrogen (secondary N) is 1. The zero-order chi connectivity index (χ0) is 26.1. The first-order valence-corrected chi connectivity index (χ1v) is 13.2. The molecular weight excluding hydrogens is 462 g/mol. The average Bonchev–Trinajstić information content (AvgIpc) is 2.86. The van der Waals surface area contributed by atoms with Crippen LogP contribution in [0.4, 0.5) is 13.6 Å². The number of likely N-dealkylation sites (tertiary alicyclic amines) is 1. The first kappa shape index (κ1) is 26.5. The first-order valence-electron chi connectivity index (χ1n) is 13.2. The Bertz CT molecular complexity index is 1080. The van der Waals surface area contributed by atoms with Gasteiger partial charge in [0.15, 0.2) is 0 Å². The second-order valence-corrected chi connectivity index (χ2v) is 11.0. The molecule has 2 aromatic rings. The third-order valence-electron chi connectivity index (χ3n) is 8.18. The van der Waals surface area contributed by atoms with Gasteiger partial charge < -0.3 is 15.3 Å². The second kappa shape index (κ2) is 10.4. The number of fused-ring (bicyclic) bond motifs is 1. The number of halogens is 2. The van der Waals surface area contributed by atoms with Gasteiger partial charge in [0.05, 0.1) is 22.6 Å². The van der Waals surface area contributed by atoms with Gasteiger partial charge in [-0.15, -0.1) is 0 Å². The number of benzene rings is 1. The highest BCUT2D eigenvalue weighted by atomic mass is 19.1. The Morgan fingerprint density at radius 2 is 1.94 bits per heavy atom. The standard InChI is InChI=1S/C28H38F2N4O2/c1-5-18-12-13-28(6-2,19-9-8-14-34(16-19)26(35)31-17-27(3,4)36)25-20(18)15-23(32-33-25)24-21(29)10-7-11-22(24)30/h7,10-11,15,18-19,36H,5-6,8-9,12-14,16-17H2,1-4H3,(H,31,35)/t18-,19-,28+/m0/s1. The Labute approximate surface area is 212 Å². The van der Waals surface area contributed by atoms with E-state index in [9.17, 15) is 18.7 Å². The minimum Gasteiger partial charge on any atom is -0.389 e. The number of aromatic nitrogens is 2. The van der Waals surface area contributed by atoms with Crippen LogP contribution >= 0.6 is 0 Å². The quantitative estimate of drug-likeness (QED) is 0.545. The van der Waals surface area contributed by atoms with Gasteiger partial charge in [-0.1, -0.05) is 19.9 Å². The third kappa shape index (κ3) is 5.10.